The zero-order valence-corrected chi connectivity index (χ0v) is 27.6. The molecule has 1 fully saturated rings. The molecule has 1 aliphatic heterocycles. The molecule has 3 N–H and O–H groups in total. The van der Waals surface area contributed by atoms with Crippen LogP contribution >= 0.6 is 27.7 Å². The maximum absolute atomic E-state index is 14.0. The fraction of sp³-hybridized carbons (Fsp3) is 0.278. The maximum Gasteiger partial charge on any atom is 0.407 e. The Morgan fingerprint density at radius 2 is 1.51 bits per heavy atom. The lowest BCUT2D eigenvalue weighted by Crippen LogP contribution is -2.48. The second-order valence-electron chi connectivity index (χ2n) is 10.9. The number of alkyl carbamates (subject to hydrolysis) is 1. The Bertz CT molecular complexity index is 1490. The van der Waals surface area contributed by atoms with Gasteiger partial charge in [0, 0.05) is 39.8 Å². The number of hydrogen-bond donors (Lipinski definition) is 3. The molecule has 234 valence electrons. The summed E-state index contributed by atoms with van der Waals surface area (Å²) in [5, 5.41) is 9.47. The first-order valence-electron chi connectivity index (χ1n) is 15.1. The van der Waals surface area contributed by atoms with Gasteiger partial charge in [0.2, 0.25) is 5.91 Å². The molecule has 45 heavy (non-hydrogen) atoms. The number of rotatable bonds is 12. The smallest absolute Gasteiger partial charge is 0.407 e. The fourth-order valence-electron chi connectivity index (χ4n) is 5.53. The molecular weight excluding hydrogens is 650 g/mol. The quantitative estimate of drug-likeness (QED) is 0.139. The van der Waals surface area contributed by atoms with Gasteiger partial charge >= 0.3 is 6.09 Å². The van der Waals surface area contributed by atoms with Gasteiger partial charge in [0.1, 0.15) is 6.04 Å². The number of methoxy groups -OCH3 is 1. The van der Waals surface area contributed by atoms with Gasteiger partial charge in [-0.2, -0.15) is 0 Å². The van der Waals surface area contributed by atoms with Gasteiger partial charge in [-0.25, -0.2) is 4.79 Å². The highest BCUT2D eigenvalue weighted by atomic mass is 79.9. The molecule has 0 bridgehead atoms. The molecule has 4 aromatic rings. The van der Waals surface area contributed by atoms with Crippen LogP contribution in [0.4, 0.5) is 10.5 Å². The maximum atomic E-state index is 14.0. The van der Waals surface area contributed by atoms with Gasteiger partial charge in [0.15, 0.2) is 0 Å². The number of anilines is 1. The molecule has 0 spiro atoms. The summed E-state index contributed by atoms with van der Waals surface area (Å²) in [7, 11) is 1.30. The zero-order chi connectivity index (χ0) is 31.4. The van der Waals surface area contributed by atoms with Gasteiger partial charge in [0.25, 0.3) is 0 Å². The molecule has 1 aliphatic rings. The summed E-state index contributed by atoms with van der Waals surface area (Å²) in [6.45, 7) is 1.61. The van der Waals surface area contributed by atoms with Crippen molar-refractivity contribution in [2.75, 3.05) is 31.3 Å². The molecule has 2 amide bonds. The van der Waals surface area contributed by atoms with Crippen LogP contribution in [0.25, 0.3) is 0 Å². The minimum absolute atomic E-state index is 0.0623. The van der Waals surface area contributed by atoms with E-state index in [9.17, 15) is 9.59 Å². The van der Waals surface area contributed by atoms with Gasteiger partial charge in [-0.1, -0.05) is 94.8 Å². The average molecular weight is 689 g/mol. The Balaban J connectivity index is 1.27. The van der Waals surface area contributed by atoms with Crippen molar-refractivity contribution in [1.29, 1.82) is 0 Å². The molecule has 3 atom stereocenters. The average Bonchev–Trinajstić information content (AvgIpc) is 3.08. The van der Waals surface area contributed by atoms with E-state index in [4.69, 9.17) is 9.47 Å². The second kappa shape index (κ2) is 16.6. The first-order valence-corrected chi connectivity index (χ1v) is 16.9. The Hall–Kier alpha value is -3.63. The molecule has 0 aliphatic carbocycles. The van der Waals surface area contributed by atoms with Crippen LogP contribution in [0.3, 0.4) is 0 Å². The Morgan fingerprint density at radius 1 is 0.889 bits per heavy atom. The predicted octanol–water partition coefficient (Wildman–Crippen LogP) is 7.03. The number of morpholine rings is 1. The lowest BCUT2D eigenvalue weighted by atomic mass is 9.84. The third-order valence-electron chi connectivity index (χ3n) is 7.78. The van der Waals surface area contributed by atoms with Gasteiger partial charge in [-0.3, -0.25) is 4.79 Å². The van der Waals surface area contributed by atoms with Crippen LogP contribution in [-0.2, 0) is 20.7 Å². The van der Waals surface area contributed by atoms with E-state index in [1.807, 2.05) is 84.9 Å². The first-order chi connectivity index (χ1) is 22.0. The monoisotopic (exact) mass is 687 g/mol. The number of para-hydroxylation sites is 1. The third-order valence-corrected chi connectivity index (χ3v) is 9.45. The molecule has 5 rings (SSSR count). The van der Waals surface area contributed by atoms with Crippen molar-refractivity contribution in [2.24, 2.45) is 0 Å². The molecule has 4 aromatic carbocycles. The molecule has 0 radical (unpaired) electrons. The zero-order valence-electron chi connectivity index (χ0n) is 25.2. The second-order valence-corrected chi connectivity index (χ2v) is 12.9. The highest BCUT2D eigenvalue weighted by Gasteiger charge is 2.33. The standard InChI is InChI=1S/C36H38BrN3O4S/c1-43-36(42)40-34(33(26-11-4-2-5-12-26)27-13-6-3-7-14-27)35(41)39-32-15-9-8-10-25(32)16-19-29-22-38-23-30(44-29)24-45-31-20-17-28(37)18-21-31/h2-15,17-18,20-21,29-30,33-34,38H,16,19,22-24H2,1H3,(H,39,41)(H,40,42). The summed E-state index contributed by atoms with van der Waals surface area (Å²) in [5.74, 6) is 0.106. The molecule has 1 saturated heterocycles. The number of hydrogen-bond acceptors (Lipinski definition) is 6. The van der Waals surface area contributed by atoms with Gasteiger partial charge in [0.05, 0.1) is 19.3 Å². The molecular formula is C36H38BrN3O4S. The largest absolute Gasteiger partial charge is 0.453 e. The van der Waals surface area contributed by atoms with Crippen molar-refractivity contribution in [3.05, 3.63) is 130 Å². The van der Waals surface area contributed by atoms with Crippen LogP contribution in [0.1, 0.15) is 29.0 Å². The normalized spacial score (nSPS) is 17.0. The summed E-state index contributed by atoms with van der Waals surface area (Å²) in [6, 6.07) is 34.7. The lowest BCUT2D eigenvalue weighted by molar-refractivity contribution is -0.118. The molecule has 1 heterocycles. The van der Waals surface area contributed by atoms with Crippen molar-refractivity contribution >= 4 is 45.4 Å². The highest BCUT2D eigenvalue weighted by molar-refractivity contribution is 9.10. The lowest BCUT2D eigenvalue weighted by Gasteiger charge is -2.31. The summed E-state index contributed by atoms with van der Waals surface area (Å²) >= 11 is 5.29. The van der Waals surface area contributed by atoms with E-state index in [1.54, 1.807) is 11.8 Å². The number of ether oxygens (including phenoxy) is 2. The van der Waals surface area contributed by atoms with Crippen molar-refractivity contribution < 1.29 is 19.1 Å². The Morgan fingerprint density at radius 3 is 2.18 bits per heavy atom. The van der Waals surface area contributed by atoms with E-state index >= 15 is 0 Å². The molecule has 9 heteroatoms. The predicted molar refractivity (Wildman–Crippen MR) is 184 cm³/mol. The first kappa shape index (κ1) is 32.8. The van der Waals surface area contributed by atoms with Crippen LogP contribution in [-0.4, -0.2) is 56.2 Å². The van der Waals surface area contributed by atoms with Crippen molar-refractivity contribution in [3.8, 4) is 0 Å². The van der Waals surface area contributed by atoms with E-state index in [0.29, 0.717) is 5.69 Å². The minimum atomic E-state index is -0.926. The van der Waals surface area contributed by atoms with Gasteiger partial charge in [-0.15, -0.1) is 11.8 Å². The number of nitrogens with one attached hydrogen (secondary N) is 3. The van der Waals surface area contributed by atoms with E-state index in [1.165, 1.54) is 12.0 Å². The van der Waals surface area contributed by atoms with Crippen molar-refractivity contribution in [3.63, 3.8) is 0 Å². The number of thioether (sulfide) groups is 1. The Labute approximate surface area is 277 Å². The van der Waals surface area contributed by atoms with Crippen LogP contribution in [0, 0.1) is 0 Å². The minimum Gasteiger partial charge on any atom is -0.453 e. The van der Waals surface area contributed by atoms with Crippen LogP contribution < -0.4 is 16.0 Å². The topological polar surface area (TPSA) is 88.7 Å². The van der Waals surface area contributed by atoms with Crippen LogP contribution in [0.15, 0.2) is 119 Å². The van der Waals surface area contributed by atoms with E-state index in [-0.39, 0.29) is 18.1 Å². The summed E-state index contributed by atoms with van der Waals surface area (Å²) in [4.78, 5) is 27.8. The van der Waals surface area contributed by atoms with Gasteiger partial charge in [-0.05, 0) is 59.9 Å². The van der Waals surface area contributed by atoms with Crippen molar-refractivity contribution in [1.82, 2.24) is 10.6 Å². The number of amides is 2. The number of benzene rings is 4. The number of carbonyl (C=O) groups excluding carboxylic acids is 2. The Kier molecular flexibility index (Phi) is 12.1. The van der Waals surface area contributed by atoms with Crippen LogP contribution in [0.5, 0.6) is 0 Å². The molecule has 0 saturated carbocycles. The molecule has 3 unspecified atom stereocenters. The van der Waals surface area contributed by atoms with E-state index in [0.717, 1.165) is 52.8 Å². The van der Waals surface area contributed by atoms with Gasteiger partial charge < -0.3 is 25.4 Å². The van der Waals surface area contributed by atoms with Crippen molar-refractivity contribution in [2.45, 2.75) is 41.9 Å². The number of halogens is 1. The third kappa shape index (κ3) is 9.43. The number of carbonyl (C=O) groups is 2. The highest BCUT2D eigenvalue weighted by Crippen LogP contribution is 2.30. The summed E-state index contributed by atoms with van der Waals surface area (Å²) < 4.78 is 12.5. The van der Waals surface area contributed by atoms with Crippen LogP contribution in [0.2, 0.25) is 0 Å². The molecule has 0 aromatic heterocycles. The molecule has 7 nitrogen and oxygen atoms in total. The summed E-state index contributed by atoms with van der Waals surface area (Å²) in [6.07, 6.45) is 1.04. The number of aryl methyl sites for hydroxylation is 1. The van der Waals surface area contributed by atoms with E-state index in [2.05, 4.69) is 56.1 Å². The fourth-order valence-corrected chi connectivity index (χ4v) is 6.70. The summed E-state index contributed by atoms with van der Waals surface area (Å²) in [5.41, 5.74) is 3.53. The SMILES string of the molecule is COC(=O)NC(C(=O)Nc1ccccc1CCC1CNCC(CSc2ccc(Br)cc2)O1)C(c1ccccc1)c1ccccc1. The van der Waals surface area contributed by atoms with E-state index < -0.39 is 18.1 Å².